The van der Waals surface area contributed by atoms with Crippen molar-refractivity contribution < 1.29 is 26.4 Å². The summed E-state index contributed by atoms with van der Waals surface area (Å²) in [4.78, 5) is 23.8. The van der Waals surface area contributed by atoms with E-state index in [-0.39, 0.29) is 11.5 Å². The predicted molar refractivity (Wildman–Crippen MR) is 104 cm³/mol. The van der Waals surface area contributed by atoms with Crippen molar-refractivity contribution in [2.45, 2.75) is 12.1 Å². The lowest BCUT2D eigenvalue weighted by Crippen LogP contribution is -2.38. The third kappa shape index (κ3) is 5.57. The van der Waals surface area contributed by atoms with E-state index in [1.807, 2.05) is 0 Å². The molecule has 2 aliphatic rings. The van der Waals surface area contributed by atoms with Gasteiger partial charge in [0.1, 0.15) is 0 Å². The molecule has 0 radical (unpaired) electrons. The van der Waals surface area contributed by atoms with Crippen LogP contribution in [0.25, 0.3) is 0 Å². The highest BCUT2D eigenvalue weighted by Gasteiger charge is 2.24. The van der Waals surface area contributed by atoms with Crippen molar-refractivity contribution in [1.82, 2.24) is 10.6 Å². The summed E-state index contributed by atoms with van der Waals surface area (Å²) in [6.07, 6.45) is 2.82. The molecule has 4 amide bonds. The molecule has 0 bridgehead atoms. The summed E-state index contributed by atoms with van der Waals surface area (Å²) in [6, 6.07) is 3.93. The Kier molecular flexibility index (Phi) is 5.42. The van der Waals surface area contributed by atoms with E-state index in [1.54, 1.807) is 24.3 Å². The van der Waals surface area contributed by atoms with Crippen LogP contribution in [0, 0.1) is 0 Å². The second-order valence-electron chi connectivity index (χ2n) is 6.30. The Morgan fingerprint density at radius 2 is 1.07 bits per heavy atom. The number of hydrogen-bond donors (Lipinski definition) is 4. The SMILES string of the molecule is O=C(Nc1ccc(NC(=O)NC2C=CS(=O)(=O)C2)cc1)NC1C=CS(=O)(=O)C1. The first-order valence-electron chi connectivity index (χ1n) is 8.17. The topological polar surface area (TPSA) is 151 Å². The molecule has 28 heavy (non-hydrogen) atoms. The zero-order valence-electron chi connectivity index (χ0n) is 14.5. The fourth-order valence-corrected chi connectivity index (χ4v) is 5.11. The molecule has 10 nitrogen and oxygen atoms in total. The molecule has 0 saturated heterocycles. The van der Waals surface area contributed by atoms with Crippen LogP contribution in [0.15, 0.2) is 47.2 Å². The number of carbonyl (C=O) groups excluding carboxylic acids is 2. The van der Waals surface area contributed by atoms with Gasteiger partial charge in [-0.05, 0) is 36.4 Å². The van der Waals surface area contributed by atoms with Crippen LogP contribution < -0.4 is 21.3 Å². The van der Waals surface area contributed by atoms with E-state index in [4.69, 9.17) is 0 Å². The maximum absolute atomic E-state index is 11.9. The summed E-state index contributed by atoms with van der Waals surface area (Å²) in [5.41, 5.74) is 0.885. The summed E-state index contributed by atoms with van der Waals surface area (Å²) in [5.74, 6) is -0.342. The third-order valence-corrected chi connectivity index (χ3v) is 6.68. The first-order valence-corrected chi connectivity index (χ1v) is 11.6. The van der Waals surface area contributed by atoms with Gasteiger partial charge in [-0.25, -0.2) is 26.4 Å². The Balaban J connectivity index is 1.47. The molecule has 150 valence electrons. The van der Waals surface area contributed by atoms with Gasteiger partial charge in [-0.3, -0.25) is 0 Å². The van der Waals surface area contributed by atoms with Gasteiger partial charge in [0.05, 0.1) is 23.6 Å². The Morgan fingerprint density at radius 3 is 1.36 bits per heavy atom. The van der Waals surface area contributed by atoms with E-state index in [0.29, 0.717) is 11.4 Å². The number of carbonyl (C=O) groups is 2. The Hall–Kier alpha value is -2.86. The summed E-state index contributed by atoms with van der Waals surface area (Å²) in [5, 5.41) is 12.3. The van der Waals surface area contributed by atoms with Crippen molar-refractivity contribution in [3.05, 3.63) is 47.2 Å². The largest absolute Gasteiger partial charge is 0.331 e. The number of nitrogens with one attached hydrogen (secondary N) is 4. The molecule has 0 spiro atoms. The van der Waals surface area contributed by atoms with E-state index in [0.717, 1.165) is 10.8 Å². The molecule has 2 unspecified atom stereocenters. The summed E-state index contributed by atoms with van der Waals surface area (Å²) in [7, 11) is -6.51. The highest BCUT2D eigenvalue weighted by Crippen LogP contribution is 2.15. The third-order valence-electron chi connectivity index (χ3n) is 3.89. The minimum Gasteiger partial charge on any atom is -0.331 e. The van der Waals surface area contributed by atoms with Gasteiger partial charge >= 0.3 is 12.1 Å². The van der Waals surface area contributed by atoms with Crippen LogP contribution in [-0.2, 0) is 19.7 Å². The lowest BCUT2D eigenvalue weighted by atomic mass is 10.3. The minimum absolute atomic E-state index is 0.171. The maximum atomic E-state index is 11.9. The van der Waals surface area contributed by atoms with Crippen molar-refractivity contribution >= 4 is 43.1 Å². The van der Waals surface area contributed by atoms with Crippen LogP contribution in [0.5, 0.6) is 0 Å². The molecule has 1 aromatic carbocycles. The number of rotatable bonds is 4. The second kappa shape index (κ2) is 7.64. The molecule has 2 heterocycles. The number of anilines is 2. The number of sulfone groups is 2. The minimum atomic E-state index is -3.25. The van der Waals surface area contributed by atoms with Crippen molar-refractivity contribution in [3.63, 3.8) is 0 Å². The average Bonchev–Trinajstić information content (AvgIpc) is 3.10. The van der Waals surface area contributed by atoms with Gasteiger partial charge in [-0.1, -0.05) is 0 Å². The Bertz CT molecular complexity index is 960. The number of urea groups is 2. The van der Waals surface area contributed by atoms with Gasteiger partial charge in [0.15, 0.2) is 19.7 Å². The predicted octanol–water partition coefficient (Wildman–Crippen LogP) is 0.551. The van der Waals surface area contributed by atoms with Crippen LogP contribution in [0.1, 0.15) is 0 Å². The average molecular weight is 426 g/mol. The van der Waals surface area contributed by atoms with Gasteiger partial charge in [0.2, 0.25) is 0 Å². The van der Waals surface area contributed by atoms with E-state index in [9.17, 15) is 26.4 Å². The van der Waals surface area contributed by atoms with E-state index in [1.165, 1.54) is 12.2 Å². The smallest absolute Gasteiger partial charge is 0.319 e. The number of amides is 4. The van der Waals surface area contributed by atoms with Crippen LogP contribution in [0.4, 0.5) is 21.0 Å². The monoisotopic (exact) mass is 426 g/mol. The van der Waals surface area contributed by atoms with Gasteiger partial charge < -0.3 is 21.3 Å². The lowest BCUT2D eigenvalue weighted by molar-refractivity contribution is 0.250. The molecule has 2 atom stereocenters. The highest BCUT2D eigenvalue weighted by atomic mass is 32.2. The summed E-state index contributed by atoms with van der Waals surface area (Å²) < 4.78 is 45.3. The molecule has 4 N–H and O–H groups in total. The molecular formula is C16H18N4O6S2. The van der Waals surface area contributed by atoms with Crippen LogP contribution in [0.3, 0.4) is 0 Å². The van der Waals surface area contributed by atoms with E-state index < -0.39 is 43.8 Å². The van der Waals surface area contributed by atoms with Crippen molar-refractivity contribution in [2.24, 2.45) is 0 Å². The van der Waals surface area contributed by atoms with Gasteiger partial charge in [0.25, 0.3) is 0 Å². The maximum Gasteiger partial charge on any atom is 0.319 e. The molecule has 0 saturated carbocycles. The van der Waals surface area contributed by atoms with Crippen molar-refractivity contribution in [1.29, 1.82) is 0 Å². The molecule has 12 heteroatoms. The van der Waals surface area contributed by atoms with Crippen LogP contribution in [-0.4, -0.2) is 52.5 Å². The lowest BCUT2D eigenvalue weighted by Gasteiger charge is -2.13. The normalized spacial score (nSPS) is 23.9. The summed E-state index contributed by atoms with van der Waals surface area (Å²) in [6.45, 7) is 0. The standard InChI is InChI=1S/C16H18N4O6S2/c21-15(19-13-5-7-27(23,24)9-13)17-11-1-2-12(4-3-11)18-16(22)20-14-6-8-28(25,26)10-14/h1-8,13-14H,9-10H2,(H2,17,19,21)(H2,18,20,22). The second-order valence-corrected chi connectivity index (χ2v) is 10.2. The van der Waals surface area contributed by atoms with Crippen LogP contribution in [0.2, 0.25) is 0 Å². The molecule has 1 aromatic rings. The zero-order valence-corrected chi connectivity index (χ0v) is 16.1. The first kappa shape index (κ1) is 19.9. The first-order chi connectivity index (χ1) is 13.1. The Labute approximate surface area is 161 Å². The Morgan fingerprint density at radius 1 is 0.714 bits per heavy atom. The molecule has 0 aliphatic carbocycles. The molecule has 0 fully saturated rings. The molecule has 2 aliphatic heterocycles. The van der Waals surface area contributed by atoms with Gasteiger partial charge in [0, 0.05) is 22.2 Å². The van der Waals surface area contributed by atoms with Gasteiger partial charge in [-0.15, -0.1) is 0 Å². The van der Waals surface area contributed by atoms with Crippen molar-refractivity contribution in [2.75, 3.05) is 22.1 Å². The van der Waals surface area contributed by atoms with E-state index >= 15 is 0 Å². The quantitative estimate of drug-likeness (QED) is 0.552. The highest BCUT2D eigenvalue weighted by molar-refractivity contribution is 7.94. The van der Waals surface area contributed by atoms with Gasteiger partial charge in [-0.2, -0.15) is 0 Å². The van der Waals surface area contributed by atoms with E-state index in [2.05, 4.69) is 21.3 Å². The molecular weight excluding hydrogens is 408 g/mol. The molecule has 0 aromatic heterocycles. The molecule has 3 rings (SSSR count). The number of hydrogen-bond acceptors (Lipinski definition) is 6. The van der Waals surface area contributed by atoms with Crippen molar-refractivity contribution in [3.8, 4) is 0 Å². The van der Waals surface area contributed by atoms with Crippen LogP contribution >= 0.6 is 0 Å². The zero-order chi connectivity index (χ0) is 20.4. The fraction of sp³-hybridized carbons (Fsp3) is 0.250. The summed E-state index contributed by atoms with van der Waals surface area (Å²) >= 11 is 0. The number of benzene rings is 1. The fourth-order valence-electron chi connectivity index (χ4n) is 2.64.